The maximum atomic E-state index is 12.9. The largest absolute Gasteiger partial charge is 0.266 e. The SMILES string of the molecule is N#Cc1nc(Br)cc(C(F)F)c1F. The molecule has 0 spiro atoms. The fraction of sp³-hybridized carbons (Fsp3) is 0.143. The van der Waals surface area contributed by atoms with Gasteiger partial charge in [-0.1, -0.05) is 0 Å². The quantitative estimate of drug-likeness (QED) is 0.719. The summed E-state index contributed by atoms with van der Waals surface area (Å²) in [5, 5.41) is 8.33. The van der Waals surface area contributed by atoms with E-state index in [4.69, 9.17) is 5.26 Å². The van der Waals surface area contributed by atoms with Gasteiger partial charge >= 0.3 is 0 Å². The van der Waals surface area contributed by atoms with Crippen LogP contribution in [0.2, 0.25) is 0 Å². The summed E-state index contributed by atoms with van der Waals surface area (Å²) in [5.41, 5.74) is -1.46. The summed E-state index contributed by atoms with van der Waals surface area (Å²) in [6.07, 6.45) is -2.95. The van der Waals surface area contributed by atoms with Gasteiger partial charge in [0.1, 0.15) is 10.7 Å². The van der Waals surface area contributed by atoms with Crippen molar-refractivity contribution in [3.8, 4) is 6.07 Å². The Morgan fingerprint density at radius 1 is 1.54 bits per heavy atom. The van der Waals surface area contributed by atoms with E-state index in [0.29, 0.717) is 0 Å². The van der Waals surface area contributed by atoms with Crippen LogP contribution in [0.1, 0.15) is 17.7 Å². The first-order valence-electron chi connectivity index (χ1n) is 3.10. The van der Waals surface area contributed by atoms with E-state index < -0.39 is 23.5 Å². The van der Waals surface area contributed by atoms with Gasteiger partial charge in [-0.15, -0.1) is 0 Å². The van der Waals surface area contributed by atoms with Crippen molar-refractivity contribution in [3.63, 3.8) is 0 Å². The molecule has 0 aliphatic rings. The third kappa shape index (κ3) is 1.98. The van der Waals surface area contributed by atoms with Crippen LogP contribution < -0.4 is 0 Å². The van der Waals surface area contributed by atoms with Gasteiger partial charge < -0.3 is 0 Å². The average molecular weight is 251 g/mol. The summed E-state index contributed by atoms with van der Waals surface area (Å²) in [6.45, 7) is 0. The Morgan fingerprint density at radius 3 is 2.62 bits per heavy atom. The first-order valence-corrected chi connectivity index (χ1v) is 3.89. The molecule has 0 fully saturated rings. The number of aromatic nitrogens is 1. The first kappa shape index (κ1) is 9.99. The predicted molar refractivity (Wildman–Crippen MR) is 41.6 cm³/mol. The molecule has 0 aliphatic heterocycles. The molecule has 0 aromatic carbocycles. The smallest absolute Gasteiger partial charge is 0.227 e. The molecule has 0 aliphatic carbocycles. The van der Waals surface area contributed by atoms with Crippen molar-refractivity contribution >= 4 is 15.9 Å². The zero-order valence-corrected chi connectivity index (χ0v) is 7.65. The average Bonchev–Trinajstić information content (AvgIpc) is 2.08. The van der Waals surface area contributed by atoms with E-state index in [-0.39, 0.29) is 4.60 Å². The van der Waals surface area contributed by atoms with Crippen LogP contribution in [0, 0.1) is 17.1 Å². The van der Waals surface area contributed by atoms with E-state index >= 15 is 0 Å². The maximum Gasteiger partial charge on any atom is 0.266 e. The lowest BCUT2D eigenvalue weighted by Gasteiger charge is -2.02. The van der Waals surface area contributed by atoms with Gasteiger partial charge in [0.05, 0.1) is 5.56 Å². The van der Waals surface area contributed by atoms with Crippen molar-refractivity contribution in [2.24, 2.45) is 0 Å². The molecule has 2 nitrogen and oxygen atoms in total. The van der Waals surface area contributed by atoms with Crippen LogP contribution in [0.4, 0.5) is 13.2 Å². The number of pyridine rings is 1. The second-order valence-electron chi connectivity index (χ2n) is 2.11. The Bertz CT molecular complexity index is 373. The summed E-state index contributed by atoms with van der Waals surface area (Å²) in [6, 6.07) is 2.23. The highest BCUT2D eigenvalue weighted by Gasteiger charge is 2.18. The Kier molecular flexibility index (Phi) is 2.88. The van der Waals surface area contributed by atoms with E-state index in [1.165, 1.54) is 6.07 Å². The number of rotatable bonds is 1. The van der Waals surface area contributed by atoms with Gasteiger partial charge in [-0.3, -0.25) is 0 Å². The fourth-order valence-corrected chi connectivity index (χ4v) is 1.17. The molecule has 1 rings (SSSR count). The molecular weight excluding hydrogens is 249 g/mol. The van der Waals surface area contributed by atoms with Gasteiger partial charge in [-0.25, -0.2) is 18.2 Å². The van der Waals surface area contributed by atoms with Crippen LogP contribution in [0.15, 0.2) is 10.7 Å². The minimum atomic E-state index is -2.95. The van der Waals surface area contributed by atoms with Crippen LogP contribution >= 0.6 is 15.9 Å². The van der Waals surface area contributed by atoms with Crippen LogP contribution in [0.25, 0.3) is 0 Å². The summed E-state index contributed by atoms with van der Waals surface area (Å²) in [4.78, 5) is 3.38. The van der Waals surface area contributed by atoms with Gasteiger partial charge in [0, 0.05) is 0 Å². The molecule has 0 radical (unpaired) electrons. The van der Waals surface area contributed by atoms with Crippen molar-refractivity contribution in [2.75, 3.05) is 0 Å². The molecule has 0 N–H and O–H groups in total. The molecule has 68 valence electrons. The Hall–Kier alpha value is -1.09. The van der Waals surface area contributed by atoms with E-state index in [2.05, 4.69) is 20.9 Å². The number of nitrogens with zero attached hydrogens (tertiary/aromatic N) is 2. The first-order chi connectivity index (χ1) is 6.06. The van der Waals surface area contributed by atoms with Gasteiger partial charge in [-0.05, 0) is 22.0 Å². The lowest BCUT2D eigenvalue weighted by molar-refractivity contribution is 0.146. The van der Waals surface area contributed by atoms with Crippen molar-refractivity contribution in [2.45, 2.75) is 6.43 Å². The zero-order chi connectivity index (χ0) is 10.0. The minimum absolute atomic E-state index is 0.0146. The molecule has 0 saturated carbocycles. The standard InChI is InChI=1S/C7H2BrF3N2/c8-5-1-3(7(10)11)6(9)4(2-12)13-5/h1,7H. The van der Waals surface area contributed by atoms with E-state index in [0.717, 1.165) is 6.07 Å². The van der Waals surface area contributed by atoms with Crippen LogP contribution in [-0.4, -0.2) is 4.98 Å². The van der Waals surface area contributed by atoms with Gasteiger partial charge in [-0.2, -0.15) is 5.26 Å². The lowest BCUT2D eigenvalue weighted by Crippen LogP contribution is -1.98. The highest BCUT2D eigenvalue weighted by Crippen LogP contribution is 2.25. The molecule has 0 bridgehead atoms. The lowest BCUT2D eigenvalue weighted by atomic mass is 10.2. The molecule has 6 heteroatoms. The van der Waals surface area contributed by atoms with E-state index in [9.17, 15) is 13.2 Å². The number of hydrogen-bond acceptors (Lipinski definition) is 2. The van der Waals surface area contributed by atoms with Crippen molar-refractivity contribution in [1.29, 1.82) is 5.26 Å². The number of halogens is 4. The summed E-state index contributed by atoms with van der Waals surface area (Å²) in [7, 11) is 0. The molecule has 1 heterocycles. The highest BCUT2D eigenvalue weighted by atomic mass is 79.9. The second-order valence-corrected chi connectivity index (χ2v) is 2.92. The van der Waals surface area contributed by atoms with E-state index in [1.54, 1.807) is 0 Å². The maximum absolute atomic E-state index is 12.9. The summed E-state index contributed by atoms with van der Waals surface area (Å²) < 4.78 is 37.2. The van der Waals surface area contributed by atoms with Crippen LogP contribution in [-0.2, 0) is 0 Å². The molecule has 1 aromatic rings. The second kappa shape index (κ2) is 3.75. The molecule has 0 amide bonds. The number of nitriles is 1. The number of alkyl halides is 2. The highest BCUT2D eigenvalue weighted by molar-refractivity contribution is 9.10. The predicted octanol–water partition coefficient (Wildman–Crippen LogP) is 2.79. The van der Waals surface area contributed by atoms with Crippen molar-refractivity contribution in [3.05, 3.63) is 27.7 Å². The fourth-order valence-electron chi connectivity index (χ4n) is 0.749. The Balaban J connectivity index is 3.38. The summed E-state index contributed by atoms with van der Waals surface area (Å²) >= 11 is 2.79. The molecule has 1 aromatic heterocycles. The monoisotopic (exact) mass is 250 g/mol. The Morgan fingerprint density at radius 2 is 2.15 bits per heavy atom. The van der Waals surface area contributed by atoms with Crippen LogP contribution in [0.5, 0.6) is 0 Å². The van der Waals surface area contributed by atoms with Crippen LogP contribution in [0.3, 0.4) is 0 Å². The normalized spacial score (nSPS) is 10.2. The van der Waals surface area contributed by atoms with Crippen molar-refractivity contribution in [1.82, 2.24) is 4.98 Å². The molecule has 0 saturated heterocycles. The van der Waals surface area contributed by atoms with Gasteiger partial charge in [0.15, 0.2) is 11.5 Å². The zero-order valence-electron chi connectivity index (χ0n) is 6.06. The molecule has 0 unspecified atom stereocenters. The third-order valence-corrected chi connectivity index (χ3v) is 1.70. The minimum Gasteiger partial charge on any atom is -0.227 e. The van der Waals surface area contributed by atoms with E-state index in [1.807, 2.05) is 0 Å². The topological polar surface area (TPSA) is 36.7 Å². The summed E-state index contributed by atoms with van der Waals surface area (Å²) in [5.74, 6) is -1.26. The molecular formula is C7H2BrF3N2. The Labute approximate surface area is 80.1 Å². The molecule has 13 heavy (non-hydrogen) atoms. The van der Waals surface area contributed by atoms with Gasteiger partial charge in [0.2, 0.25) is 0 Å². The third-order valence-electron chi connectivity index (χ3n) is 1.30. The van der Waals surface area contributed by atoms with Gasteiger partial charge in [0.25, 0.3) is 6.43 Å². The molecule has 0 atom stereocenters. The number of hydrogen-bond donors (Lipinski definition) is 0. The van der Waals surface area contributed by atoms with Crippen molar-refractivity contribution < 1.29 is 13.2 Å².